The largest absolute Gasteiger partial charge is 0.480 e. The Labute approximate surface area is 98.5 Å². The van der Waals surface area contributed by atoms with Gasteiger partial charge in [-0.05, 0) is 19.8 Å². The first kappa shape index (κ1) is 12.1. The molecule has 2 heterocycles. The van der Waals surface area contributed by atoms with Gasteiger partial charge in [-0.3, -0.25) is 9.89 Å². The van der Waals surface area contributed by atoms with E-state index < -0.39 is 22.0 Å². The summed E-state index contributed by atoms with van der Waals surface area (Å²) in [5.41, 5.74) is 0.418. The van der Waals surface area contributed by atoms with Gasteiger partial charge in [-0.1, -0.05) is 0 Å². The predicted octanol–water partition coefficient (Wildman–Crippen LogP) is -0.0442. The molecule has 1 aliphatic rings. The number of carbonyl (C=O) groups is 1. The molecule has 94 valence electrons. The fourth-order valence-electron chi connectivity index (χ4n) is 2.00. The van der Waals surface area contributed by atoms with Gasteiger partial charge in [0.2, 0.25) is 10.0 Å². The molecule has 17 heavy (non-hydrogen) atoms. The van der Waals surface area contributed by atoms with Crippen molar-refractivity contribution >= 4 is 16.0 Å². The Kier molecular flexibility index (Phi) is 2.92. The van der Waals surface area contributed by atoms with Crippen molar-refractivity contribution in [3.63, 3.8) is 0 Å². The summed E-state index contributed by atoms with van der Waals surface area (Å²) in [4.78, 5) is 11.0. The Hall–Kier alpha value is -1.41. The summed E-state index contributed by atoms with van der Waals surface area (Å²) in [5, 5.41) is 15.2. The van der Waals surface area contributed by atoms with Crippen molar-refractivity contribution < 1.29 is 18.3 Å². The molecule has 1 aliphatic heterocycles. The van der Waals surface area contributed by atoms with Gasteiger partial charge in [0.25, 0.3) is 0 Å². The summed E-state index contributed by atoms with van der Waals surface area (Å²) in [6, 6.07) is -0.964. The molecule has 8 heteroatoms. The van der Waals surface area contributed by atoms with Crippen molar-refractivity contribution in [1.82, 2.24) is 14.5 Å². The van der Waals surface area contributed by atoms with E-state index in [1.165, 1.54) is 6.20 Å². The van der Waals surface area contributed by atoms with Gasteiger partial charge in [0.1, 0.15) is 10.9 Å². The highest BCUT2D eigenvalue weighted by molar-refractivity contribution is 7.89. The molecule has 1 aromatic rings. The van der Waals surface area contributed by atoms with Gasteiger partial charge in [-0.25, -0.2) is 8.42 Å². The number of carboxylic acid groups (broad SMARTS) is 1. The number of H-pyrrole nitrogens is 1. The van der Waals surface area contributed by atoms with Gasteiger partial charge in [-0.2, -0.15) is 9.40 Å². The highest BCUT2D eigenvalue weighted by Gasteiger charge is 2.40. The quantitative estimate of drug-likeness (QED) is 0.792. The molecule has 0 radical (unpaired) electrons. The third-order valence-electron chi connectivity index (χ3n) is 2.86. The highest BCUT2D eigenvalue weighted by Crippen LogP contribution is 2.26. The zero-order valence-electron chi connectivity index (χ0n) is 9.25. The average Bonchev–Trinajstić information content (AvgIpc) is 2.84. The summed E-state index contributed by atoms with van der Waals surface area (Å²) < 4.78 is 25.5. The molecule has 0 bridgehead atoms. The minimum absolute atomic E-state index is 0.0469. The summed E-state index contributed by atoms with van der Waals surface area (Å²) >= 11 is 0. The summed E-state index contributed by atoms with van der Waals surface area (Å²) in [5.74, 6) is -1.10. The molecule has 0 amide bonds. The Balaban J connectivity index is 2.40. The monoisotopic (exact) mass is 259 g/mol. The number of nitrogens with one attached hydrogen (secondary N) is 1. The van der Waals surface area contributed by atoms with Gasteiger partial charge in [0.15, 0.2) is 0 Å². The molecule has 2 rings (SSSR count). The number of aromatic nitrogens is 2. The summed E-state index contributed by atoms with van der Waals surface area (Å²) in [6.45, 7) is 1.83. The average molecular weight is 259 g/mol. The van der Waals surface area contributed by atoms with Crippen molar-refractivity contribution in [2.45, 2.75) is 30.7 Å². The lowest BCUT2D eigenvalue weighted by atomic mass is 10.2. The van der Waals surface area contributed by atoms with Crippen molar-refractivity contribution in [2.75, 3.05) is 6.54 Å². The molecule has 1 atom stereocenters. The lowest BCUT2D eigenvalue weighted by Gasteiger charge is -2.20. The van der Waals surface area contributed by atoms with Crippen molar-refractivity contribution in [1.29, 1.82) is 0 Å². The molecule has 1 aromatic heterocycles. The Morgan fingerprint density at radius 3 is 2.88 bits per heavy atom. The van der Waals surface area contributed by atoms with Crippen LogP contribution in [0.15, 0.2) is 11.1 Å². The standard InChI is InChI=1S/C9H13N3O4S/c1-6-8(5-10-11-6)17(15,16)12-4-2-3-7(12)9(13)14/h5,7H,2-4H2,1H3,(H,10,11)(H,13,14). The summed E-state index contributed by atoms with van der Waals surface area (Å²) in [7, 11) is -3.76. The fourth-order valence-corrected chi connectivity index (χ4v) is 3.77. The van der Waals surface area contributed by atoms with Crippen molar-refractivity contribution in [3.8, 4) is 0 Å². The van der Waals surface area contributed by atoms with Gasteiger partial charge in [0.05, 0.1) is 11.9 Å². The lowest BCUT2D eigenvalue weighted by molar-refractivity contribution is -0.140. The molecule has 0 spiro atoms. The summed E-state index contributed by atoms with van der Waals surface area (Å²) in [6.07, 6.45) is 2.13. The number of aromatic amines is 1. The second-order valence-corrected chi connectivity index (χ2v) is 5.83. The van der Waals surface area contributed by atoms with Crippen LogP contribution in [0.4, 0.5) is 0 Å². The highest BCUT2D eigenvalue weighted by atomic mass is 32.2. The lowest BCUT2D eigenvalue weighted by Crippen LogP contribution is -2.40. The maximum Gasteiger partial charge on any atom is 0.322 e. The zero-order chi connectivity index (χ0) is 12.6. The van der Waals surface area contributed by atoms with Crippen LogP contribution in [-0.2, 0) is 14.8 Å². The van der Waals surface area contributed by atoms with Crippen LogP contribution in [0.2, 0.25) is 0 Å². The number of carboxylic acids is 1. The van der Waals surface area contributed by atoms with Crippen LogP contribution in [0.25, 0.3) is 0 Å². The second-order valence-electron chi connectivity index (χ2n) is 3.97. The van der Waals surface area contributed by atoms with E-state index in [1.54, 1.807) is 6.92 Å². The molecule has 7 nitrogen and oxygen atoms in total. The number of aryl methyl sites for hydroxylation is 1. The normalized spacial score (nSPS) is 21.8. The first-order valence-corrected chi connectivity index (χ1v) is 6.63. The van der Waals surface area contributed by atoms with E-state index in [2.05, 4.69) is 10.2 Å². The maximum absolute atomic E-state index is 12.2. The van der Waals surface area contributed by atoms with Crippen LogP contribution in [0.5, 0.6) is 0 Å². The molecule has 0 aromatic carbocycles. The third kappa shape index (κ3) is 1.93. The number of hydrogen-bond acceptors (Lipinski definition) is 4. The van der Waals surface area contributed by atoms with E-state index in [9.17, 15) is 13.2 Å². The SMILES string of the molecule is Cc1[nH]ncc1S(=O)(=O)N1CCCC1C(=O)O. The van der Waals surface area contributed by atoms with Crippen molar-refractivity contribution in [2.24, 2.45) is 0 Å². The Morgan fingerprint density at radius 2 is 2.35 bits per heavy atom. The first-order valence-electron chi connectivity index (χ1n) is 5.19. The number of nitrogens with zero attached hydrogens (tertiary/aromatic N) is 2. The van der Waals surface area contributed by atoms with Crippen LogP contribution in [0.3, 0.4) is 0 Å². The van der Waals surface area contributed by atoms with Crippen LogP contribution in [-0.4, -0.2) is 46.6 Å². The Morgan fingerprint density at radius 1 is 1.65 bits per heavy atom. The van der Waals surface area contributed by atoms with Crippen LogP contribution < -0.4 is 0 Å². The minimum Gasteiger partial charge on any atom is -0.480 e. The number of rotatable bonds is 3. The van der Waals surface area contributed by atoms with Gasteiger partial charge < -0.3 is 5.11 Å². The van der Waals surface area contributed by atoms with E-state index in [1.807, 2.05) is 0 Å². The Bertz CT molecular complexity index is 536. The molecule has 0 saturated carbocycles. The van der Waals surface area contributed by atoms with E-state index >= 15 is 0 Å². The van der Waals surface area contributed by atoms with Gasteiger partial charge in [0, 0.05) is 6.54 Å². The topological polar surface area (TPSA) is 103 Å². The van der Waals surface area contributed by atoms with E-state index in [0.717, 1.165) is 4.31 Å². The van der Waals surface area contributed by atoms with Gasteiger partial charge >= 0.3 is 5.97 Å². The second kappa shape index (κ2) is 4.11. The van der Waals surface area contributed by atoms with Gasteiger partial charge in [-0.15, -0.1) is 0 Å². The smallest absolute Gasteiger partial charge is 0.322 e. The van der Waals surface area contributed by atoms with E-state index in [-0.39, 0.29) is 11.4 Å². The molecule has 1 saturated heterocycles. The van der Waals surface area contributed by atoms with Crippen LogP contribution >= 0.6 is 0 Å². The fraction of sp³-hybridized carbons (Fsp3) is 0.556. The third-order valence-corrected chi connectivity index (χ3v) is 4.88. The van der Waals surface area contributed by atoms with Crippen LogP contribution in [0.1, 0.15) is 18.5 Å². The zero-order valence-corrected chi connectivity index (χ0v) is 10.1. The molecule has 2 N–H and O–H groups in total. The minimum atomic E-state index is -3.76. The van der Waals surface area contributed by atoms with Crippen molar-refractivity contribution in [3.05, 3.63) is 11.9 Å². The predicted molar refractivity (Wildman–Crippen MR) is 57.9 cm³/mol. The van der Waals surface area contributed by atoms with Crippen LogP contribution in [0, 0.1) is 6.92 Å². The van der Waals surface area contributed by atoms with E-state index in [4.69, 9.17) is 5.11 Å². The molecule has 1 fully saturated rings. The molecular weight excluding hydrogens is 246 g/mol. The number of aliphatic carboxylic acids is 1. The molecular formula is C9H13N3O4S. The number of hydrogen-bond donors (Lipinski definition) is 2. The number of sulfonamides is 1. The first-order chi connectivity index (χ1) is 7.94. The molecule has 1 unspecified atom stereocenters. The molecule has 0 aliphatic carbocycles. The maximum atomic E-state index is 12.2. The van der Waals surface area contributed by atoms with E-state index in [0.29, 0.717) is 18.5 Å².